The molecule has 2 aromatic rings. The summed E-state index contributed by atoms with van der Waals surface area (Å²) in [6.45, 7) is 2.10. The molecule has 0 fully saturated rings. The fraction of sp³-hybridized carbons (Fsp3) is 0.250. The topological polar surface area (TPSA) is 59.4 Å². The third kappa shape index (κ3) is 2.31. The standard InChI is InChI=1S/C16H19N5/c1-3-13-14(12-7-5-4-6-8-12)19-16(20(2)15(13)17)21-10-9-18-11-21/h4-11,16H,3,17H2,1-2H3. The van der Waals surface area contributed by atoms with Crippen molar-refractivity contribution in [3.05, 3.63) is 66.0 Å². The zero-order valence-corrected chi connectivity index (χ0v) is 12.3. The van der Waals surface area contributed by atoms with E-state index in [0.717, 1.165) is 29.1 Å². The Morgan fingerprint density at radius 2 is 2.00 bits per heavy atom. The summed E-state index contributed by atoms with van der Waals surface area (Å²) < 4.78 is 1.95. The van der Waals surface area contributed by atoms with Crippen molar-refractivity contribution in [2.75, 3.05) is 7.05 Å². The first-order valence-electron chi connectivity index (χ1n) is 7.05. The maximum absolute atomic E-state index is 6.35. The summed E-state index contributed by atoms with van der Waals surface area (Å²) in [5.74, 6) is 0.769. The zero-order chi connectivity index (χ0) is 14.8. The highest BCUT2D eigenvalue weighted by Gasteiger charge is 2.26. The van der Waals surface area contributed by atoms with E-state index in [2.05, 4.69) is 24.0 Å². The smallest absolute Gasteiger partial charge is 0.205 e. The zero-order valence-electron chi connectivity index (χ0n) is 12.3. The normalized spacial score (nSPS) is 18.9. The minimum atomic E-state index is -0.196. The van der Waals surface area contributed by atoms with Crippen molar-refractivity contribution < 1.29 is 0 Å². The number of hydrogen-bond acceptors (Lipinski definition) is 4. The van der Waals surface area contributed by atoms with E-state index in [1.54, 1.807) is 12.5 Å². The van der Waals surface area contributed by atoms with E-state index >= 15 is 0 Å². The SMILES string of the molecule is CCC1=C(N)N(C)C(n2ccnc2)N=C1c1ccccc1. The van der Waals surface area contributed by atoms with E-state index < -0.39 is 0 Å². The summed E-state index contributed by atoms with van der Waals surface area (Å²) in [4.78, 5) is 11.0. The number of allylic oxidation sites excluding steroid dienone is 1. The maximum atomic E-state index is 6.35. The third-order valence-corrected chi connectivity index (χ3v) is 3.76. The van der Waals surface area contributed by atoms with Crippen LogP contribution in [0.2, 0.25) is 0 Å². The van der Waals surface area contributed by atoms with Gasteiger partial charge in [0, 0.05) is 30.6 Å². The third-order valence-electron chi connectivity index (χ3n) is 3.76. The highest BCUT2D eigenvalue weighted by Crippen LogP contribution is 2.28. The van der Waals surface area contributed by atoms with Crippen LogP contribution in [0.3, 0.4) is 0 Å². The van der Waals surface area contributed by atoms with Gasteiger partial charge in [0.15, 0.2) is 0 Å². The largest absolute Gasteiger partial charge is 0.385 e. The molecule has 21 heavy (non-hydrogen) atoms. The minimum absolute atomic E-state index is 0.196. The molecule has 1 atom stereocenters. The van der Waals surface area contributed by atoms with Crippen LogP contribution in [-0.2, 0) is 0 Å². The Morgan fingerprint density at radius 3 is 2.62 bits per heavy atom. The lowest BCUT2D eigenvalue weighted by Crippen LogP contribution is -2.37. The molecule has 1 aliphatic rings. The second-order valence-electron chi connectivity index (χ2n) is 5.03. The van der Waals surface area contributed by atoms with Crippen molar-refractivity contribution in [2.24, 2.45) is 10.7 Å². The van der Waals surface area contributed by atoms with E-state index in [0.29, 0.717) is 0 Å². The Kier molecular flexibility index (Phi) is 3.48. The first-order valence-corrected chi connectivity index (χ1v) is 7.05. The number of rotatable bonds is 3. The summed E-state index contributed by atoms with van der Waals surface area (Å²) in [7, 11) is 1.96. The predicted octanol–water partition coefficient (Wildman–Crippen LogP) is 2.35. The van der Waals surface area contributed by atoms with E-state index in [9.17, 15) is 0 Å². The van der Waals surface area contributed by atoms with Gasteiger partial charge in [-0.2, -0.15) is 0 Å². The lowest BCUT2D eigenvalue weighted by atomic mass is 9.98. The van der Waals surface area contributed by atoms with Gasteiger partial charge in [0.2, 0.25) is 6.29 Å². The van der Waals surface area contributed by atoms with Gasteiger partial charge in [-0.3, -0.25) is 4.57 Å². The molecular weight excluding hydrogens is 262 g/mol. The molecule has 1 unspecified atom stereocenters. The van der Waals surface area contributed by atoms with Gasteiger partial charge in [-0.05, 0) is 6.42 Å². The molecule has 1 aromatic heterocycles. The molecule has 0 aliphatic carbocycles. The molecular formula is C16H19N5. The van der Waals surface area contributed by atoms with Crippen molar-refractivity contribution in [2.45, 2.75) is 19.6 Å². The molecule has 2 N–H and O–H groups in total. The van der Waals surface area contributed by atoms with Crippen LogP contribution in [0.15, 0.2) is 65.4 Å². The van der Waals surface area contributed by atoms with E-state index in [-0.39, 0.29) is 6.29 Å². The van der Waals surface area contributed by atoms with Crippen LogP contribution in [0, 0.1) is 0 Å². The van der Waals surface area contributed by atoms with Crippen molar-refractivity contribution in [3.8, 4) is 0 Å². The molecule has 2 heterocycles. The van der Waals surface area contributed by atoms with Crippen LogP contribution >= 0.6 is 0 Å². The van der Waals surface area contributed by atoms with E-state index in [4.69, 9.17) is 10.7 Å². The van der Waals surface area contributed by atoms with Gasteiger partial charge in [-0.1, -0.05) is 37.3 Å². The van der Waals surface area contributed by atoms with Gasteiger partial charge >= 0.3 is 0 Å². The average molecular weight is 281 g/mol. The Bertz CT molecular complexity index is 670. The number of hydrogen-bond donors (Lipinski definition) is 1. The number of nitrogens with zero attached hydrogens (tertiary/aromatic N) is 4. The molecule has 0 saturated carbocycles. The molecule has 0 spiro atoms. The molecule has 1 aliphatic heterocycles. The molecule has 108 valence electrons. The molecule has 3 rings (SSSR count). The van der Waals surface area contributed by atoms with Gasteiger partial charge in [0.1, 0.15) is 5.82 Å². The highest BCUT2D eigenvalue weighted by atomic mass is 15.4. The molecule has 5 heteroatoms. The van der Waals surface area contributed by atoms with Crippen LogP contribution < -0.4 is 5.73 Å². The molecule has 0 saturated heterocycles. The van der Waals surface area contributed by atoms with Gasteiger partial charge in [-0.25, -0.2) is 9.98 Å². The summed E-state index contributed by atoms with van der Waals surface area (Å²) in [6, 6.07) is 10.2. The molecule has 5 nitrogen and oxygen atoms in total. The highest BCUT2D eigenvalue weighted by molar-refractivity contribution is 6.13. The van der Waals surface area contributed by atoms with Gasteiger partial charge < -0.3 is 10.6 Å². The molecule has 0 radical (unpaired) electrons. The van der Waals surface area contributed by atoms with Crippen molar-refractivity contribution in [1.29, 1.82) is 0 Å². The minimum Gasteiger partial charge on any atom is -0.385 e. The van der Waals surface area contributed by atoms with Crippen LogP contribution in [0.25, 0.3) is 0 Å². The summed E-state index contributed by atoms with van der Waals surface area (Å²) >= 11 is 0. The van der Waals surface area contributed by atoms with E-state index in [1.165, 1.54) is 0 Å². The summed E-state index contributed by atoms with van der Waals surface area (Å²) in [6.07, 6.45) is 6.06. The second-order valence-corrected chi connectivity index (χ2v) is 5.03. The molecule has 0 amide bonds. The Balaban J connectivity index is 2.11. The van der Waals surface area contributed by atoms with Crippen molar-refractivity contribution in [3.63, 3.8) is 0 Å². The van der Waals surface area contributed by atoms with E-state index in [1.807, 2.05) is 40.9 Å². The Labute approximate surface area is 124 Å². The number of benzene rings is 1. The first kappa shape index (κ1) is 13.4. The predicted molar refractivity (Wildman–Crippen MR) is 83.5 cm³/mol. The quantitative estimate of drug-likeness (QED) is 0.939. The number of aliphatic imine (C=N–C) groups is 1. The fourth-order valence-electron chi connectivity index (χ4n) is 2.60. The Hall–Kier alpha value is -2.56. The Morgan fingerprint density at radius 1 is 1.24 bits per heavy atom. The first-order chi connectivity index (χ1) is 10.2. The summed E-state index contributed by atoms with van der Waals surface area (Å²) in [5, 5.41) is 0. The van der Waals surface area contributed by atoms with Gasteiger partial charge in [0.05, 0.1) is 12.0 Å². The van der Waals surface area contributed by atoms with Crippen LogP contribution in [0.5, 0.6) is 0 Å². The summed E-state index contributed by atoms with van der Waals surface area (Å²) in [5.41, 5.74) is 9.49. The van der Waals surface area contributed by atoms with Gasteiger partial charge in [-0.15, -0.1) is 0 Å². The van der Waals surface area contributed by atoms with Crippen LogP contribution in [0.4, 0.5) is 0 Å². The molecule has 1 aromatic carbocycles. The fourth-order valence-corrected chi connectivity index (χ4v) is 2.60. The number of nitrogens with two attached hydrogens (primary N) is 1. The van der Waals surface area contributed by atoms with Gasteiger partial charge in [0.25, 0.3) is 0 Å². The second kappa shape index (κ2) is 5.44. The average Bonchev–Trinajstić information content (AvgIpc) is 3.04. The monoisotopic (exact) mass is 281 g/mol. The lowest BCUT2D eigenvalue weighted by molar-refractivity contribution is 0.226. The lowest BCUT2D eigenvalue weighted by Gasteiger charge is -2.34. The van der Waals surface area contributed by atoms with Crippen LogP contribution in [-0.4, -0.2) is 27.2 Å². The maximum Gasteiger partial charge on any atom is 0.205 e. The van der Waals surface area contributed by atoms with Crippen molar-refractivity contribution in [1.82, 2.24) is 14.5 Å². The number of imidazole rings is 1. The van der Waals surface area contributed by atoms with Crippen LogP contribution in [0.1, 0.15) is 25.2 Å². The number of aromatic nitrogens is 2. The van der Waals surface area contributed by atoms with Crippen molar-refractivity contribution >= 4 is 5.71 Å². The molecule has 0 bridgehead atoms.